The van der Waals surface area contributed by atoms with Crippen LogP contribution >= 0.6 is 23.4 Å². The maximum atomic E-state index is 6.34. The highest BCUT2D eigenvalue weighted by Gasteiger charge is 2.13. The normalized spacial score (nSPS) is 12.4. The molecule has 0 saturated heterocycles. The number of benzene rings is 2. The zero-order valence-electron chi connectivity index (χ0n) is 10.5. The van der Waals surface area contributed by atoms with Gasteiger partial charge in [-0.2, -0.15) is 0 Å². The van der Waals surface area contributed by atoms with Gasteiger partial charge < -0.3 is 5.73 Å². The largest absolute Gasteiger partial charge is 0.320 e. The average Bonchev–Trinajstić information content (AvgIpc) is 2.41. The molecule has 0 heterocycles. The summed E-state index contributed by atoms with van der Waals surface area (Å²) in [5.41, 5.74) is 9.61. The second kappa shape index (κ2) is 5.79. The molecule has 0 aliphatic heterocycles. The Balaban J connectivity index is 2.41. The van der Waals surface area contributed by atoms with E-state index in [0.29, 0.717) is 0 Å². The van der Waals surface area contributed by atoms with E-state index in [2.05, 4.69) is 18.4 Å². The van der Waals surface area contributed by atoms with Crippen molar-refractivity contribution in [3.63, 3.8) is 0 Å². The standard InChI is InChI=1S/C15H16ClNS/c1-10-7-8-11(9-13(10)16)15(17)12-5-3-4-6-14(12)18-2/h3-9,15H,17H2,1-2H3. The van der Waals surface area contributed by atoms with E-state index >= 15 is 0 Å². The second-order valence-corrected chi connectivity index (χ2v) is 5.48. The lowest BCUT2D eigenvalue weighted by Gasteiger charge is -2.16. The van der Waals surface area contributed by atoms with Gasteiger partial charge in [0.05, 0.1) is 6.04 Å². The van der Waals surface area contributed by atoms with E-state index in [4.69, 9.17) is 17.3 Å². The van der Waals surface area contributed by atoms with Crippen LogP contribution in [0, 0.1) is 6.92 Å². The summed E-state index contributed by atoms with van der Waals surface area (Å²) in [5.74, 6) is 0. The number of halogens is 1. The number of thioether (sulfide) groups is 1. The fourth-order valence-corrected chi connectivity index (χ4v) is 2.74. The third-order valence-corrected chi connectivity index (χ3v) is 4.25. The van der Waals surface area contributed by atoms with Crippen LogP contribution in [0.4, 0.5) is 0 Å². The molecule has 1 nitrogen and oxygen atoms in total. The molecule has 0 amide bonds. The smallest absolute Gasteiger partial charge is 0.0563 e. The molecule has 0 bridgehead atoms. The highest BCUT2D eigenvalue weighted by Crippen LogP contribution is 2.30. The first kappa shape index (κ1) is 13.5. The number of rotatable bonds is 3. The summed E-state index contributed by atoms with van der Waals surface area (Å²) in [5, 5.41) is 0.768. The van der Waals surface area contributed by atoms with Gasteiger partial charge in [-0.15, -0.1) is 11.8 Å². The number of nitrogens with two attached hydrogens (primary N) is 1. The topological polar surface area (TPSA) is 26.0 Å². The van der Waals surface area contributed by atoms with Gasteiger partial charge in [-0.1, -0.05) is 41.9 Å². The Morgan fingerprint density at radius 2 is 1.89 bits per heavy atom. The molecule has 0 radical (unpaired) electrons. The van der Waals surface area contributed by atoms with Gasteiger partial charge in [-0.3, -0.25) is 0 Å². The molecule has 2 N–H and O–H groups in total. The van der Waals surface area contributed by atoms with Crippen molar-refractivity contribution in [2.75, 3.05) is 6.26 Å². The Morgan fingerprint density at radius 1 is 1.17 bits per heavy atom. The van der Waals surface area contributed by atoms with Crippen molar-refractivity contribution in [1.82, 2.24) is 0 Å². The molecule has 0 aliphatic rings. The maximum Gasteiger partial charge on any atom is 0.0563 e. The van der Waals surface area contributed by atoms with Crippen molar-refractivity contribution in [3.8, 4) is 0 Å². The third kappa shape index (κ3) is 2.72. The van der Waals surface area contributed by atoms with Gasteiger partial charge in [0.1, 0.15) is 0 Å². The van der Waals surface area contributed by atoms with E-state index in [0.717, 1.165) is 21.7 Å². The van der Waals surface area contributed by atoms with Crippen molar-refractivity contribution in [1.29, 1.82) is 0 Å². The number of aryl methyl sites for hydroxylation is 1. The highest BCUT2D eigenvalue weighted by atomic mass is 35.5. The monoisotopic (exact) mass is 277 g/mol. The average molecular weight is 278 g/mol. The minimum Gasteiger partial charge on any atom is -0.320 e. The first-order valence-corrected chi connectivity index (χ1v) is 7.38. The molecule has 0 fully saturated rings. The minimum atomic E-state index is -0.133. The van der Waals surface area contributed by atoms with Gasteiger partial charge in [-0.05, 0) is 42.0 Å². The second-order valence-electron chi connectivity index (χ2n) is 4.23. The fourth-order valence-electron chi connectivity index (χ4n) is 1.91. The molecule has 2 rings (SSSR count). The lowest BCUT2D eigenvalue weighted by atomic mass is 9.99. The molecule has 0 aliphatic carbocycles. The SMILES string of the molecule is CSc1ccccc1C(N)c1ccc(C)c(Cl)c1. The van der Waals surface area contributed by atoms with Crippen LogP contribution in [0.15, 0.2) is 47.4 Å². The van der Waals surface area contributed by atoms with Crippen LogP contribution in [-0.4, -0.2) is 6.26 Å². The van der Waals surface area contributed by atoms with E-state index in [1.807, 2.05) is 37.3 Å². The van der Waals surface area contributed by atoms with Gasteiger partial charge in [0.25, 0.3) is 0 Å². The van der Waals surface area contributed by atoms with Gasteiger partial charge >= 0.3 is 0 Å². The minimum absolute atomic E-state index is 0.133. The van der Waals surface area contributed by atoms with Gasteiger partial charge in [0.15, 0.2) is 0 Å². The summed E-state index contributed by atoms with van der Waals surface area (Å²) in [7, 11) is 0. The molecule has 94 valence electrons. The van der Waals surface area contributed by atoms with Crippen LogP contribution in [-0.2, 0) is 0 Å². The number of hydrogen-bond acceptors (Lipinski definition) is 2. The predicted octanol–water partition coefficient (Wildman–Crippen LogP) is 4.42. The summed E-state index contributed by atoms with van der Waals surface area (Å²) in [4.78, 5) is 1.21. The molecule has 3 heteroatoms. The Labute approximate surface area is 117 Å². The van der Waals surface area contributed by atoms with Gasteiger partial charge in [0, 0.05) is 9.92 Å². The third-order valence-electron chi connectivity index (χ3n) is 3.03. The Morgan fingerprint density at radius 3 is 2.56 bits per heavy atom. The van der Waals surface area contributed by atoms with Crippen molar-refractivity contribution < 1.29 is 0 Å². The Bertz CT molecular complexity index is 554. The predicted molar refractivity (Wildman–Crippen MR) is 80.4 cm³/mol. The Kier molecular flexibility index (Phi) is 4.33. The van der Waals surface area contributed by atoms with E-state index in [1.165, 1.54) is 4.90 Å². The van der Waals surface area contributed by atoms with Gasteiger partial charge in [-0.25, -0.2) is 0 Å². The van der Waals surface area contributed by atoms with E-state index in [9.17, 15) is 0 Å². The molecule has 1 unspecified atom stereocenters. The quantitative estimate of drug-likeness (QED) is 0.841. The number of hydrogen-bond donors (Lipinski definition) is 1. The van der Waals surface area contributed by atoms with E-state index in [1.54, 1.807) is 11.8 Å². The van der Waals surface area contributed by atoms with Crippen molar-refractivity contribution in [3.05, 3.63) is 64.2 Å². The first-order valence-electron chi connectivity index (χ1n) is 5.78. The fraction of sp³-hybridized carbons (Fsp3) is 0.200. The van der Waals surface area contributed by atoms with Crippen LogP contribution < -0.4 is 5.73 Å². The van der Waals surface area contributed by atoms with Crippen LogP contribution in [0.2, 0.25) is 5.02 Å². The van der Waals surface area contributed by atoms with Crippen molar-refractivity contribution in [2.45, 2.75) is 17.9 Å². The molecule has 2 aromatic rings. The maximum absolute atomic E-state index is 6.34. The molecular weight excluding hydrogens is 262 g/mol. The molecule has 0 spiro atoms. The molecule has 0 saturated carbocycles. The zero-order valence-corrected chi connectivity index (χ0v) is 12.1. The van der Waals surface area contributed by atoms with Crippen molar-refractivity contribution in [2.24, 2.45) is 5.73 Å². The van der Waals surface area contributed by atoms with Crippen LogP contribution in [0.5, 0.6) is 0 Å². The summed E-state index contributed by atoms with van der Waals surface area (Å²) < 4.78 is 0. The molecular formula is C15H16ClNS. The molecule has 1 atom stereocenters. The lowest BCUT2D eigenvalue weighted by Crippen LogP contribution is -2.12. The summed E-state index contributed by atoms with van der Waals surface area (Å²) in [6.07, 6.45) is 2.06. The first-order chi connectivity index (χ1) is 8.63. The summed E-state index contributed by atoms with van der Waals surface area (Å²) in [6.45, 7) is 1.99. The van der Waals surface area contributed by atoms with E-state index < -0.39 is 0 Å². The van der Waals surface area contributed by atoms with Crippen LogP contribution in [0.25, 0.3) is 0 Å². The Hall–Kier alpha value is -0.960. The van der Waals surface area contributed by atoms with Gasteiger partial charge in [0.2, 0.25) is 0 Å². The highest BCUT2D eigenvalue weighted by molar-refractivity contribution is 7.98. The summed E-state index contributed by atoms with van der Waals surface area (Å²) in [6, 6.07) is 14.1. The molecule has 18 heavy (non-hydrogen) atoms. The lowest BCUT2D eigenvalue weighted by molar-refractivity contribution is 0.847. The molecule has 2 aromatic carbocycles. The zero-order chi connectivity index (χ0) is 13.1. The van der Waals surface area contributed by atoms with Crippen LogP contribution in [0.3, 0.4) is 0 Å². The van der Waals surface area contributed by atoms with E-state index in [-0.39, 0.29) is 6.04 Å². The molecule has 0 aromatic heterocycles. The summed E-state index contributed by atoms with van der Waals surface area (Å²) >= 11 is 7.87. The van der Waals surface area contributed by atoms with Crippen LogP contribution in [0.1, 0.15) is 22.7 Å². The van der Waals surface area contributed by atoms with Crippen molar-refractivity contribution >= 4 is 23.4 Å².